The fourth-order valence-electron chi connectivity index (χ4n) is 4.42. The van der Waals surface area contributed by atoms with Crippen molar-refractivity contribution in [3.05, 3.63) is 29.8 Å². The van der Waals surface area contributed by atoms with Gasteiger partial charge >= 0.3 is 0 Å². The zero-order chi connectivity index (χ0) is 16.7. The van der Waals surface area contributed by atoms with Gasteiger partial charge in [-0.15, -0.1) is 0 Å². The van der Waals surface area contributed by atoms with E-state index in [1.807, 2.05) is 23.9 Å². The summed E-state index contributed by atoms with van der Waals surface area (Å²) in [6.07, 6.45) is 5.17. The lowest BCUT2D eigenvalue weighted by Gasteiger charge is -2.45. The number of sulfone groups is 1. The number of carbonyl (C=O) groups excluding carboxylic acids is 1. The first kappa shape index (κ1) is 16.5. The van der Waals surface area contributed by atoms with Crippen LogP contribution in [0.3, 0.4) is 0 Å². The van der Waals surface area contributed by atoms with Crippen LogP contribution < -0.4 is 0 Å². The molecule has 1 aromatic rings. The van der Waals surface area contributed by atoms with Crippen LogP contribution in [0, 0.1) is 0 Å². The Kier molecular flexibility index (Phi) is 4.37. The minimum absolute atomic E-state index is 0.0805. The first-order valence-corrected chi connectivity index (χ1v) is 11.5. The van der Waals surface area contributed by atoms with E-state index in [1.165, 1.54) is 19.3 Å². The third-order valence-electron chi connectivity index (χ3n) is 5.62. The van der Waals surface area contributed by atoms with Gasteiger partial charge in [-0.3, -0.25) is 4.79 Å². The summed E-state index contributed by atoms with van der Waals surface area (Å²) in [5.74, 6) is 0.932. The predicted molar refractivity (Wildman–Crippen MR) is 96.1 cm³/mol. The lowest BCUT2D eigenvalue weighted by molar-refractivity contribution is -0.135. The average molecular weight is 366 g/mol. The molecule has 0 spiro atoms. The van der Waals surface area contributed by atoms with Crippen molar-refractivity contribution >= 4 is 27.5 Å². The Bertz CT molecular complexity index is 744. The Balaban J connectivity index is 1.65. The fraction of sp³-hybridized carbons (Fsp3) is 0.611. The third-order valence-corrected chi connectivity index (χ3v) is 8.83. The molecule has 1 amide bonds. The van der Waals surface area contributed by atoms with Gasteiger partial charge in [0.15, 0.2) is 9.84 Å². The van der Waals surface area contributed by atoms with Gasteiger partial charge in [-0.1, -0.05) is 31.0 Å². The van der Waals surface area contributed by atoms with E-state index >= 15 is 0 Å². The summed E-state index contributed by atoms with van der Waals surface area (Å²) in [7, 11) is -3.24. The van der Waals surface area contributed by atoms with E-state index in [0.717, 1.165) is 18.7 Å². The summed E-state index contributed by atoms with van der Waals surface area (Å²) in [6, 6.07) is 7.41. The molecule has 2 heterocycles. The molecule has 4 nitrogen and oxygen atoms in total. The molecule has 1 saturated carbocycles. The molecule has 4 rings (SSSR count). The number of carbonyl (C=O) groups is 1. The zero-order valence-electron chi connectivity index (χ0n) is 13.7. The summed E-state index contributed by atoms with van der Waals surface area (Å²) < 4.78 is 24.6. The van der Waals surface area contributed by atoms with Crippen molar-refractivity contribution in [2.45, 2.75) is 54.2 Å². The average Bonchev–Trinajstić information content (AvgIpc) is 2.61. The second kappa shape index (κ2) is 6.37. The molecule has 0 aromatic heterocycles. The molecule has 3 atom stereocenters. The maximum atomic E-state index is 13.3. The molecular weight excluding hydrogens is 342 g/mol. The molecule has 3 unspecified atom stereocenters. The summed E-state index contributed by atoms with van der Waals surface area (Å²) >= 11 is 2.01. The highest BCUT2D eigenvalue weighted by Crippen LogP contribution is 2.40. The van der Waals surface area contributed by atoms with Crippen LogP contribution in [0.5, 0.6) is 0 Å². The van der Waals surface area contributed by atoms with Crippen molar-refractivity contribution in [1.82, 2.24) is 4.90 Å². The zero-order valence-corrected chi connectivity index (χ0v) is 15.3. The summed E-state index contributed by atoms with van der Waals surface area (Å²) in [6.45, 7) is 0.802. The van der Waals surface area contributed by atoms with Crippen molar-refractivity contribution in [3.63, 3.8) is 0 Å². The lowest BCUT2D eigenvalue weighted by atomic mass is 9.89. The summed E-state index contributed by atoms with van der Waals surface area (Å²) in [5.41, 5.74) is 0.708. The second-order valence-electron chi connectivity index (χ2n) is 6.99. The monoisotopic (exact) mass is 365 g/mol. The molecule has 1 aromatic carbocycles. The normalized spacial score (nSPS) is 31.8. The van der Waals surface area contributed by atoms with Crippen LogP contribution in [0.4, 0.5) is 0 Å². The number of hydrogen-bond acceptors (Lipinski definition) is 4. The van der Waals surface area contributed by atoms with E-state index in [1.54, 1.807) is 12.1 Å². The van der Waals surface area contributed by atoms with Crippen molar-refractivity contribution in [2.24, 2.45) is 0 Å². The van der Waals surface area contributed by atoms with Crippen molar-refractivity contribution in [1.29, 1.82) is 0 Å². The van der Waals surface area contributed by atoms with Gasteiger partial charge in [0.05, 0.1) is 16.6 Å². The third kappa shape index (κ3) is 2.77. The Labute approximate surface area is 147 Å². The topological polar surface area (TPSA) is 54.5 Å². The predicted octanol–water partition coefficient (Wildman–Crippen LogP) is 2.83. The fourth-order valence-corrected chi connectivity index (χ4v) is 7.48. The molecule has 1 saturated heterocycles. The molecule has 0 bridgehead atoms. The molecule has 2 fully saturated rings. The van der Waals surface area contributed by atoms with Crippen molar-refractivity contribution < 1.29 is 13.2 Å². The molecule has 2 aliphatic heterocycles. The van der Waals surface area contributed by atoms with E-state index in [0.29, 0.717) is 28.2 Å². The highest BCUT2D eigenvalue weighted by Gasteiger charge is 2.41. The van der Waals surface area contributed by atoms with Gasteiger partial charge in [0.1, 0.15) is 0 Å². The summed E-state index contributed by atoms with van der Waals surface area (Å²) in [4.78, 5) is 15.7. The van der Waals surface area contributed by atoms with Gasteiger partial charge in [0.25, 0.3) is 0 Å². The van der Waals surface area contributed by atoms with Gasteiger partial charge < -0.3 is 4.90 Å². The number of hydrogen-bond donors (Lipinski definition) is 0. The van der Waals surface area contributed by atoms with E-state index in [4.69, 9.17) is 0 Å². The Morgan fingerprint density at radius 1 is 1.12 bits per heavy atom. The molecular formula is C18H23NO3S2. The maximum absolute atomic E-state index is 13.3. The molecule has 0 N–H and O–H groups in total. The molecule has 130 valence electrons. The van der Waals surface area contributed by atoms with E-state index in [9.17, 15) is 13.2 Å². The number of benzene rings is 1. The smallest absolute Gasteiger partial charge is 0.230 e. The first-order valence-electron chi connectivity index (χ1n) is 8.82. The van der Waals surface area contributed by atoms with Gasteiger partial charge in [0, 0.05) is 23.6 Å². The first-order chi connectivity index (χ1) is 11.6. The second-order valence-corrected chi connectivity index (χ2v) is 10.4. The van der Waals surface area contributed by atoms with Gasteiger partial charge in [0.2, 0.25) is 5.91 Å². The number of fused-ring (bicyclic) bond motifs is 2. The van der Waals surface area contributed by atoms with Crippen LogP contribution in [0.1, 0.15) is 43.6 Å². The minimum atomic E-state index is -3.24. The van der Waals surface area contributed by atoms with Crippen molar-refractivity contribution in [2.75, 3.05) is 18.1 Å². The largest absolute Gasteiger partial charge is 0.337 e. The highest BCUT2D eigenvalue weighted by molar-refractivity contribution is 8.00. The minimum Gasteiger partial charge on any atom is -0.337 e. The van der Waals surface area contributed by atoms with Gasteiger partial charge in [-0.25, -0.2) is 8.42 Å². The van der Waals surface area contributed by atoms with E-state index in [2.05, 4.69) is 4.90 Å². The van der Waals surface area contributed by atoms with Crippen LogP contribution in [0.2, 0.25) is 0 Å². The van der Waals surface area contributed by atoms with Gasteiger partial charge in [-0.05, 0) is 30.9 Å². The number of thioether (sulfide) groups is 1. The number of amides is 1. The van der Waals surface area contributed by atoms with Crippen LogP contribution in [-0.2, 0) is 14.6 Å². The number of nitrogens with zero attached hydrogens (tertiary/aromatic N) is 1. The Morgan fingerprint density at radius 2 is 1.92 bits per heavy atom. The number of rotatable bonds is 1. The Hall–Kier alpha value is -1.01. The molecule has 3 aliphatic rings. The lowest BCUT2D eigenvalue weighted by Crippen LogP contribution is -2.53. The molecule has 1 aliphatic carbocycles. The van der Waals surface area contributed by atoms with E-state index < -0.39 is 9.84 Å². The Morgan fingerprint density at radius 3 is 2.79 bits per heavy atom. The van der Waals surface area contributed by atoms with Crippen molar-refractivity contribution in [3.8, 4) is 0 Å². The van der Waals surface area contributed by atoms with Crippen LogP contribution in [-0.4, -0.2) is 48.6 Å². The molecule has 0 radical (unpaired) electrons. The summed E-state index contributed by atoms with van der Waals surface area (Å²) in [5, 5.41) is 0.569. The van der Waals surface area contributed by atoms with E-state index in [-0.39, 0.29) is 17.6 Å². The highest BCUT2D eigenvalue weighted by atomic mass is 32.2. The SMILES string of the molecule is O=C(C1CCS(=O)(=O)c2ccccc21)N1CCSC2CCCCC21. The van der Waals surface area contributed by atoms with Crippen LogP contribution in [0.25, 0.3) is 0 Å². The molecule has 6 heteroatoms. The molecule has 24 heavy (non-hydrogen) atoms. The van der Waals surface area contributed by atoms with Gasteiger partial charge in [-0.2, -0.15) is 11.8 Å². The van der Waals surface area contributed by atoms with Crippen LogP contribution >= 0.6 is 11.8 Å². The maximum Gasteiger partial charge on any atom is 0.230 e. The standard InChI is InChI=1S/C18H23NO3S2/c20-18(19-10-11-23-16-7-3-2-6-15(16)19)14-9-12-24(21,22)17-8-4-1-5-13(14)17/h1,4-5,8,14-16H,2-3,6-7,9-12H2. The van der Waals surface area contributed by atoms with Crippen LogP contribution in [0.15, 0.2) is 29.2 Å². The quantitative estimate of drug-likeness (QED) is 0.768.